The molecule has 2 rings (SSSR count). The fourth-order valence-electron chi connectivity index (χ4n) is 2.61. The van der Waals surface area contributed by atoms with Gasteiger partial charge in [0.05, 0.1) is 4.92 Å². The number of rotatable bonds is 4. The number of nitrogens with zero attached hydrogens (tertiary/aromatic N) is 3. The molecule has 1 saturated heterocycles. The molecule has 1 aliphatic rings. The summed E-state index contributed by atoms with van der Waals surface area (Å²) in [6.07, 6.45) is 1.17. The maximum Gasteiger partial charge on any atom is 0.273 e. The average Bonchev–Trinajstić information content (AvgIpc) is 2.73. The van der Waals surface area contributed by atoms with E-state index in [0.717, 1.165) is 25.3 Å². The van der Waals surface area contributed by atoms with E-state index in [1.807, 2.05) is 11.9 Å². The first-order valence-electron chi connectivity index (χ1n) is 6.40. The van der Waals surface area contributed by atoms with Crippen LogP contribution < -0.4 is 10.6 Å². The van der Waals surface area contributed by atoms with Gasteiger partial charge in [-0.15, -0.1) is 0 Å². The largest absolute Gasteiger partial charge is 0.398 e. The number of anilines is 2. The van der Waals surface area contributed by atoms with Crippen molar-refractivity contribution in [3.8, 4) is 0 Å². The normalized spacial score (nSPS) is 19.6. The minimum absolute atomic E-state index is 0.0467. The third-order valence-corrected chi connectivity index (χ3v) is 3.60. The summed E-state index contributed by atoms with van der Waals surface area (Å²) in [7, 11) is 4.07. The number of nitro groups is 1. The summed E-state index contributed by atoms with van der Waals surface area (Å²) in [5, 5.41) is 10.8. The van der Waals surface area contributed by atoms with Gasteiger partial charge in [0.15, 0.2) is 0 Å². The van der Waals surface area contributed by atoms with Crippen molar-refractivity contribution in [2.75, 3.05) is 44.4 Å². The molecule has 19 heavy (non-hydrogen) atoms. The molecule has 0 aliphatic carbocycles. The first-order valence-corrected chi connectivity index (χ1v) is 6.40. The fourth-order valence-corrected chi connectivity index (χ4v) is 2.61. The Kier molecular flexibility index (Phi) is 3.90. The van der Waals surface area contributed by atoms with Gasteiger partial charge in [-0.2, -0.15) is 0 Å². The van der Waals surface area contributed by atoms with Crippen molar-refractivity contribution in [3.63, 3.8) is 0 Å². The highest BCUT2D eigenvalue weighted by Gasteiger charge is 2.21. The molecule has 0 saturated carbocycles. The van der Waals surface area contributed by atoms with E-state index in [4.69, 9.17) is 5.73 Å². The topological polar surface area (TPSA) is 75.6 Å². The summed E-state index contributed by atoms with van der Waals surface area (Å²) < 4.78 is 0. The minimum Gasteiger partial charge on any atom is -0.398 e. The lowest BCUT2D eigenvalue weighted by Gasteiger charge is -2.23. The van der Waals surface area contributed by atoms with Crippen molar-refractivity contribution in [1.29, 1.82) is 0 Å². The van der Waals surface area contributed by atoms with E-state index in [1.54, 1.807) is 12.1 Å². The smallest absolute Gasteiger partial charge is 0.273 e. The Balaban J connectivity index is 2.10. The summed E-state index contributed by atoms with van der Waals surface area (Å²) >= 11 is 0. The second-order valence-electron chi connectivity index (χ2n) is 5.34. The predicted octanol–water partition coefficient (Wildman–Crippen LogP) is 1.56. The summed E-state index contributed by atoms with van der Waals surface area (Å²) in [6, 6.07) is 4.75. The van der Waals surface area contributed by atoms with E-state index < -0.39 is 4.92 Å². The fraction of sp³-hybridized carbons (Fsp3) is 0.538. The Morgan fingerprint density at radius 1 is 1.53 bits per heavy atom. The molecule has 1 aromatic rings. The zero-order valence-electron chi connectivity index (χ0n) is 11.4. The SMILES string of the molecule is CN1CCC(CN(C)c2cc(N)cc([N+](=O)[O-])c2)C1. The molecule has 0 radical (unpaired) electrons. The standard InChI is InChI=1S/C13H20N4O2/c1-15-4-3-10(8-15)9-16(2)12-5-11(14)6-13(7-12)17(18)19/h5-7,10H,3-4,8-9,14H2,1-2H3. The number of non-ortho nitro benzene ring substituents is 1. The van der Waals surface area contributed by atoms with Crippen LogP contribution in [0.25, 0.3) is 0 Å². The lowest BCUT2D eigenvalue weighted by molar-refractivity contribution is -0.384. The Labute approximate surface area is 112 Å². The predicted molar refractivity (Wildman–Crippen MR) is 76.4 cm³/mol. The van der Waals surface area contributed by atoms with Gasteiger partial charge in [0.25, 0.3) is 5.69 Å². The van der Waals surface area contributed by atoms with E-state index >= 15 is 0 Å². The Morgan fingerprint density at radius 3 is 2.84 bits per heavy atom. The highest BCUT2D eigenvalue weighted by molar-refractivity contribution is 5.62. The molecule has 1 heterocycles. The van der Waals surface area contributed by atoms with Gasteiger partial charge in [0.1, 0.15) is 0 Å². The van der Waals surface area contributed by atoms with Gasteiger partial charge in [-0.05, 0) is 32.0 Å². The van der Waals surface area contributed by atoms with Gasteiger partial charge in [0.2, 0.25) is 0 Å². The quantitative estimate of drug-likeness (QED) is 0.507. The first-order chi connectivity index (χ1) is 8.95. The van der Waals surface area contributed by atoms with Crippen LogP contribution in [0.5, 0.6) is 0 Å². The first kappa shape index (κ1) is 13.6. The number of hydrogen-bond acceptors (Lipinski definition) is 5. The number of hydrogen-bond donors (Lipinski definition) is 1. The molecular formula is C13H20N4O2. The summed E-state index contributed by atoms with van der Waals surface area (Å²) in [6.45, 7) is 3.09. The maximum atomic E-state index is 10.8. The average molecular weight is 264 g/mol. The van der Waals surface area contributed by atoms with E-state index in [2.05, 4.69) is 11.9 Å². The summed E-state index contributed by atoms with van der Waals surface area (Å²) in [4.78, 5) is 14.8. The lowest BCUT2D eigenvalue weighted by atomic mass is 10.1. The number of benzene rings is 1. The maximum absolute atomic E-state index is 10.8. The molecule has 1 atom stereocenters. The number of nitro benzene ring substituents is 1. The molecule has 104 valence electrons. The molecule has 6 nitrogen and oxygen atoms in total. The summed E-state index contributed by atoms with van der Waals surface area (Å²) in [5.41, 5.74) is 7.01. The van der Waals surface area contributed by atoms with E-state index in [-0.39, 0.29) is 5.69 Å². The third-order valence-electron chi connectivity index (χ3n) is 3.60. The zero-order chi connectivity index (χ0) is 14.0. The van der Waals surface area contributed by atoms with Crippen LogP contribution in [0.15, 0.2) is 18.2 Å². The highest BCUT2D eigenvalue weighted by atomic mass is 16.6. The minimum atomic E-state index is -0.406. The van der Waals surface area contributed by atoms with Crippen LogP contribution in [-0.4, -0.2) is 43.6 Å². The number of likely N-dealkylation sites (tertiary alicyclic amines) is 1. The second-order valence-corrected chi connectivity index (χ2v) is 5.34. The molecule has 1 unspecified atom stereocenters. The van der Waals surface area contributed by atoms with Gasteiger partial charge in [0, 0.05) is 43.6 Å². The van der Waals surface area contributed by atoms with Gasteiger partial charge >= 0.3 is 0 Å². The summed E-state index contributed by atoms with van der Waals surface area (Å²) in [5.74, 6) is 0.607. The van der Waals surface area contributed by atoms with Crippen molar-refractivity contribution < 1.29 is 4.92 Å². The molecular weight excluding hydrogens is 244 g/mol. The van der Waals surface area contributed by atoms with Crippen LogP contribution in [-0.2, 0) is 0 Å². The van der Waals surface area contributed by atoms with Gasteiger partial charge < -0.3 is 15.5 Å². The number of nitrogens with two attached hydrogens (primary N) is 1. The van der Waals surface area contributed by atoms with Gasteiger partial charge in [-0.3, -0.25) is 10.1 Å². The van der Waals surface area contributed by atoms with Crippen molar-refractivity contribution in [1.82, 2.24) is 4.90 Å². The molecule has 0 aromatic heterocycles. The van der Waals surface area contributed by atoms with Crippen LogP contribution >= 0.6 is 0 Å². The van der Waals surface area contributed by atoms with E-state index in [0.29, 0.717) is 11.6 Å². The lowest BCUT2D eigenvalue weighted by Crippen LogP contribution is -2.27. The molecule has 0 spiro atoms. The van der Waals surface area contributed by atoms with Crippen molar-refractivity contribution in [3.05, 3.63) is 28.3 Å². The molecule has 0 amide bonds. The van der Waals surface area contributed by atoms with Crippen molar-refractivity contribution in [2.24, 2.45) is 5.92 Å². The molecule has 0 bridgehead atoms. The van der Waals surface area contributed by atoms with Crippen molar-refractivity contribution >= 4 is 17.1 Å². The monoisotopic (exact) mass is 264 g/mol. The molecule has 6 heteroatoms. The second kappa shape index (κ2) is 5.44. The van der Waals surface area contributed by atoms with Crippen molar-refractivity contribution in [2.45, 2.75) is 6.42 Å². The molecule has 1 fully saturated rings. The van der Waals surface area contributed by atoms with Crippen LogP contribution in [0.1, 0.15) is 6.42 Å². The highest BCUT2D eigenvalue weighted by Crippen LogP contribution is 2.26. The van der Waals surface area contributed by atoms with E-state index in [9.17, 15) is 10.1 Å². The van der Waals surface area contributed by atoms with Crippen LogP contribution in [0.2, 0.25) is 0 Å². The third kappa shape index (κ3) is 3.35. The van der Waals surface area contributed by atoms with Crippen LogP contribution in [0, 0.1) is 16.0 Å². The molecule has 1 aliphatic heterocycles. The zero-order valence-corrected chi connectivity index (χ0v) is 11.4. The van der Waals surface area contributed by atoms with Gasteiger partial charge in [-0.25, -0.2) is 0 Å². The van der Waals surface area contributed by atoms with E-state index in [1.165, 1.54) is 12.5 Å². The van der Waals surface area contributed by atoms with Crippen LogP contribution in [0.3, 0.4) is 0 Å². The Hall–Kier alpha value is -1.82. The molecule has 2 N–H and O–H groups in total. The number of nitrogen functional groups attached to an aromatic ring is 1. The molecule has 1 aromatic carbocycles. The Morgan fingerprint density at radius 2 is 2.26 bits per heavy atom. The van der Waals surface area contributed by atoms with Crippen LogP contribution in [0.4, 0.5) is 17.1 Å². The Bertz CT molecular complexity index is 478. The van der Waals surface area contributed by atoms with Gasteiger partial charge in [-0.1, -0.05) is 0 Å².